The molecule has 1 aromatic carbocycles. The van der Waals surface area contributed by atoms with Crippen molar-refractivity contribution in [3.8, 4) is 0 Å². The van der Waals surface area contributed by atoms with Crippen LogP contribution in [0, 0.1) is 0 Å². The van der Waals surface area contributed by atoms with Gasteiger partial charge in [0, 0.05) is 22.1 Å². The Balaban J connectivity index is 1.73. The molecule has 0 radical (unpaired) electrons. The summed E-state index contributed by atoms with van der Waals surface area (Å²) in [7, 11) is 0. The number of nitrogens with one attached hydrogen (secondary N) is 2. The van der Waals surface area contributed by atoms with Gasteiger partial charge in [0.2, 0.25) is 0 Å². The van der Waals surface area contributed by atoms with Gasteiger partial charge in [0.25, 0.3) is 0 Å². The fourth-order valence-electron chi connectivity index (χ4n) is 1.46. The predicted octanol–water partition coefficient (Wildman–Crippen LogP) is 3.77. The van der Waals surface area contributed by atoms with Crippen LogP contribution < -0.4 is 10.6 Å². The van der Waals surface area contributed by atoms with Crippen molar-refractivity contribution < 1.29 is 4.79 Å². The summed E-state index contributed by atoms with van der Waals surface area (Å²) in [6, 6.07) is 10.9. The molecule has 2 rings (SSSR count). The Morgan fingerprint density at radius 2 is 2.00 bits per heavy atom. The van der Waals surface area contributed by atoms with Gasteiger partial charge in [-0.3, -0.25) is 0 Å². The molecule has 0 bridgehead atoms. The number of hydrogen-bond acceptors (Lipinski definition) is 2. The third-order valence-electron chi connectivity index (χ3n) is 2.34. The highest BCUT2D eigenvalue weighted by Crippen LogP contribution is 2.13. The third-order valence-corrected chi connectivity index (χ3v) is 3.53. The second-order valence-electron chi connectivity index (χ2n) is 3.72. The summed E-state index contributed by atoms with van der Waals surface area (Å²) in [4.78, 5) is 12.8. The summed E-state index contributed by atoms with van der Waals surface area (Å²) in [6.07, 6.45) is 0.853. The summed E-state index contributed by atoms with van der Waals surface area (Å²) in [5, 5.41) is 8.23. The van der Waals surface area contributed by atoms with E-state index in [2.05, 4.69) is 16.7 Å². The number of halogens is 1. The molecule has 94 valence electrons. The van der Waals surface area contributed by atoms with Crippen LogP contribution in [0.5, 0.6) is 0 Å². The zero-order valence-electron chi connectivity index (χ0n) is 9.65. The molecule has 0 fully saturated rings. The Morgan fingerprint density at radius 3 is 2.67 bits per heavy atom. The van der Waals surface area contributed by atoms with Crippen molar-refractivity contribution >= 4 is 34.7 Å². The van der Waals surface area contributed by atoms with Crippen LogP contribution in [0.1, 0.15) is 4.88 Å². The summed E-state index contributed by atoms with van der Waals surface area (Å²) in [5.74, 6) is 0. The topological polar surface area (TPSA) is 41.1 Å². The maximum atomic E-state index is 11.6. The highest BCUT2D eigenvalue weighted by Gasteiger charge is 2.01. The number of thiophene rings is 1. The second kappa shape index (κ2) is 6.42. The van der Waals surface area contributed by atoms with Crippen LogP contribution >= 0.6 is 22.9 Å². The fraction of sp³-hybridized carbons (Fsp3) is 0.154. The molecule has 0 aliphatic heterocycles. The Bertz CT molecular complexity index is 496. The van der Waals surface area contributed by atoms with E-state index < -0.39 is 0 Å². The van der Waals surface area contributed by atoms with E-state index in [1.54, 1.807) is 35.6 Å². The first-order valence-electron chi connectivity index (χ1n) is 5.57. The van der Waals surface area contributed by atoms with E-state index in [4.69, 9.17) is 11.6 Å². The van der Waals surface area contributed by atoms with Gasteiger partial charge in [-0.05, 0) is 42.1 Å². The van der Waals surface area contributed by atoms with Crippen molar-refractivity contribution in [1.29, 1.82) is 0 Å². The second-order valence-corrected chi connectivity index (χ2v) is 5.19. The standard InChI is InChI=1S/C13H13ClN2OS/c14-10-3-5-11(6-4-10)16-13(17)15-8-7-12-2-1-9-18-12/h1-6,9H,7-8H2,(H2,15,16,17). The lowest BCUT2D eigenvalue weighted by atomic mass is 10.3. The molecule has 0 aliphatic rings. The van der Waals surface area contributed by atoms with Gasteiger partial charge in [-0.25, -0.2) is 4.79 Å². The van der Waals surface area contributed by atoms with Gasteiger partial charge in [0.15, 0.2) is 0 Å². The lowest BCUT2D eigenvalue weighted by molar-refractivity contribution is 0.252. The van der Waals surface area contributed by atoms with Crippen molar-refractivity contribution in [1.82, 2.24) is 5.32 Å². The molecular formula is C13H13ClN2OS. The minimum Gasteiger partial charge on any atom is -0.338 e. The quantitative estimate of drug-likeness (QED) is 0.879. The smallest absolute Gasteiger partial charge is 0.319 e. The number of amides is 2. The number of benzene rings is 1. The van der Waals surface area contributed by atoms with Gasteiger partial charge in [0.05, 0.1) is 0 Å². The lowest BCUT2D eigenvalue weighted by Gasteiger charge is -2.06. The van der Waals surface area contributed by atoms with Crippen molar-refractivity contribution in [2.24, 2.45) is 0 Å². The SMILES string of the molecule is O=C(NCCc1cccs1)Nc1ccc(Cl)cc1. The first kappa shape index (κ1) is 12.9. The van der Waals surface area contributed by atoms with Crippen LogP contribution in [-0.2, 0) is 6.42 Å². The number of carbonyl (C=O) groups is 1. The van der Waals surface area contributed by atoms with Crippen molar-refractivity contribution in [3.63, 3.8) is 0 Å². The van der Waals surface area contributed by atoms with E-state index in [0.717, 1.165) is 12.1 Å². The van der Waals surface area contributed by atoms with E-state index in [0.29, 0.717) is 11.6 Å². The Morgan fingerprint density at radius 1 is 1.22 bits per heavy atom. The highest BCUT2D eigenvalue weighted by atomic mass is 35.5. The molecule has 2 N–H and O–H groups in total. The lowest BCUT2D eigenvalue weighted by Crippen LogP contribution is -2.30. The molecule has 0 spiro atoms. The maximum Gasteiger partial charge on any atom is 0.319 e. The summed E-state index contributed by atoms with van der Waals surface area (Å²) in [6.45, 7) is 0.625. The first-order chi connectivity index (χ1) is 8.74. The van der Waals surface area contributed by atoms with E-state index in [9.17, 15) is 4.79 Å². The monoisotopic (exact) mass is 280 g/mol. The molecular weight excluding hydrogens is 268 g/mol. The van der Waals surface area contributed by atoms with E-state index in [1.807, 2.05) is 11.4 Å². The number of urea groups is 1. The average molecular weight is 281 g/mol. The van der Waals surface area contributed by atoms with Gasteiger partial charge < -0.3 is 10.6 Å². The van der Waals surface area contributed by atoms with Crippen LogP contribution in [0.15, 0.2) is 41.8 Å². The summed E-state index contributed by atoms with van der Waals surface area (Å²) >= 11 is 7.46. The molecule has 2 aromatic rings. The molecule has 2 amide bonds. The largest absolute Gasteiger partial charge is 0.338 e. The minimum absolute atomic E-state index is 0.200. The fourth-order valence-corrected chi connectivity index (χ4v) is 2.30. The van der Waals surface area contributed by atoms with Gasteiger partial charge in [-0.15, -0.1) is 11.3 Å². The van der Waals surface area contributed by atoms with Crippen LogP contribution in [0.25, 0.3) is 0 Å². The predicted molar refractivity (Wildman–Crippen MR) is 76.5 cm³/mol. The van der Waals surface area contributed by atoms with Crippen LogP contribution in [-0.4, -0.2) is 12.6 Å². The first-order valence-corrected chi connectivity index (χ1v) is 6.82. The maximum absolute atomic E-state index is 11.6. The molecule has 1 heterocycles. The summed E-state index contributed by atoms with van der Waals surface area (Å²) < 4.78 is 0. The third kappa shape index (κ3) is 4.05. The number of anilines is 1. The van der Waals surface area contributed by atoms with E-state index in [-0.39, 0.29) is 6.03 Å². The van der Waals surface area contributed by atoms with Gasteiger partial charge in [-0.2, -0.15) is 0 Å². The van der Waals surface area contributed by atoms with Crippen molar-refractivity contribution in [2.75, 3.05) is 11.9 Å². The van der Waals surface area contributed by atoms with Crippen molar-refractivity contribution in [2.45, 2.75) is 6.42 Å². The molecule has 0 saturated carbocycles. The Hall–Kier alpha value is -1.52. The zero-order valence-corrected chi connectivity index (χ0v) is 11.2. The van der Waals surface area contributed by atoms with Crippen LogP contribution in [0.3, 0.4) is 0 Å². The average Bonchev–Trinajstić information content (AvgIpc) is 2.85. The van der Waals surface area contributed by atoms with Crippen LogP contribution in [0.2, 0.25) is 5.02 Å². The highest BCUT2D eigenvalue weighted by molar-refractivity contribution is 7.09. The normalized spacial score (nSPS) is 10.1. The molecule has 18 heavy (non-hydrogen) atoms. The molecule has 0 saturated heterocycles. The van der Waals surface area contributed by atoms with Gasteiger partial charge in [0.1, 0.15) is 0 Å². The zero-order chi connectivity index (χ0) is 12.8. The number of rotatable bonds is 4. The molecule has 3 nitrogen and oxygen atoms in total. The molecule has 0 unspecified atom stereocenters. The Labute approximate surface area is 115 Å². The number of carbonyl (C=O) groups excluding carboxylic acids is 1. The van der Waals surface area contributed by atoms with Crippen molar-refractivity contribution in [3.05, 3.63) is 51.7 Å². The van der Waals surface area contributed by atoms with Crippen LogP contribution in [0.4, 0.5) is 10.5 Å². The summed E-state index contributed by atoms with van der Waals surface area (Å²) in [5.41, 5.74) is 0.730. The minimum atomic E-state index is -0.200. The van der Waals surface area contributed by atoms with Gasteiger partial charge >= 0.3 is 6.03 Å². The number of hydrogen-bond donors (Lipinski definition) is 2. The molecule has 0 atom stereocenters. The van der Waals surface area contributed by atoms with Gasteiger partial charge in [-0.1, -0.05) is 17.7 Å². The Kier molecular flexibility index (Phi) is 4.61. The molecule has 0 aliphatic carbocycles. The molecule has 1 aromatic heterocycles. The molecule has 5 heteroatoms. The van der Waals surface area contributed by atoms with E-state index >= 15 is 0 Å². The van der Waals surface area contributed by atoms with E-state index in [1.165, 1.54) is 4.88 Å².